The maximum atomic E-state index is 13.4. The van der Waals surface area contributed by atoms with Gasteiger partial charge in [0.15, 0.2) is 0 Å². The van der Waals surface area contributed by atoms with E-state index in [-0.39, 0.29) is 6.04 Å². The van der Waals surface area contributed by atoms with Gasteiger partial charge in [0.05, 0.1) is 40.6 Å². The van der Waals surface area contributed by atoms with Crippen molar-refractivity contribution in [1.82, 2.24) is 4.98 Å². The quantitative estimate of drug-likeness (QED) is 0.332. The van der Waals surface area contributed by atoms with Crippen molar-refractivity contribution in [3.8, 4) is 0 Å². The normalized spacial score (nSPS) is 18.7. The van der Waals surface area contributed by atoms with Gasteiger partial charge in [0.1, 0.15) is 0 Å². The molecule has 9 heteroatoms. The molecule has 1 fully saturated rings. The number of aryl methyl sites for hydroxylation is 1. The van der Waals surface area contributed by atoms with E-state index in [2.05, 4.69) is 16.4 Å². The molecule has 0 saturated carbocycles. The number of halogens is 3. The van der Waals surface area contributed by atoms with Gasteiger partial charge < -0.3 is 15.0 Å². The monoisotopic (exact) mass is 571 g/mol. The zero-order chi connectivity index (χ0) is 29.1. The summed E-state index contributed by atoms with van der Waals surface area (Å²) in [6.07, 6.45) is 3.88. The smallest absolute Gasteiger partial charge is 0.381 e. The van der Waals surface area contributed by atoms with Crippen LogP contribution in [0.15, 0.2) is 100 Å². The average molecular weight is 572 g/mol. The minimum absolute atomic E-state index is 0.119. The first kappa shape index (κ1) is 27.9. The van der Waals surface area contributed by atoms with Crippen molar-refractivity contribution in [2.75, 3.05) is 36.5 Å². The number of para-hydroxylation sites is 1. The van der Waals surface area contributed by atoms with Gasteiger partial charge in [-0.3, -0.25) is 15.0 Å². The zero-order valence-corrected chi connectivity index (χ0v) is 23.4. The first-order valence-electron chi connectivity index (χ1n) is 14.2. The Labute approximate surface area is 243 Å². The van der Waals surface area contributed by atoms with Gasteiger partial charge in [0, 0.05) is 43.4 Å². The van der Waals surface area contributed by atoms with Gasteiger partial charge in [-0.15, -0.1) is 0 Å². The van der Waals surface area contributed by atoms with Crippen molar-refractivity contribution < 1.29 is 17.9 Å². The highest BCUT2D eigenvalue weighted by atomic mass is 19.4. The highest BCUT2D eigenvalue weighted by Crippen LogP contribution is 2.38. The first-order valence-corrected chi connectivity index (χ1v) is 14.2. The molecular weight excluding hydrogens is 539 g/mol. The average Bonchev–Trinajstić information content (AvgIpc) is 2.98. The number of anilines is 3. The molecule has 3 heterocycles. The fourth-order valence-electron chi connectivity index (χ4n) is 5.40. The van der Waals surface area contributed by atoms with E-state index in [9.17, 15) is 13.2 Å². The number of ether oxygens (including phenoxy) is 1. The Morgan fingerprint density at radius 1 is 1.00 bits per heavy atom. The molecule has 0 amide bonds. The molecule has 3 aliphatic rings. The topological polar surface area (TPSA) is 62.1 Å². The van der Waals surface area contributed by atoms with Crippen molar-refractivity contribution in [3.05, 3.63) is 107 Å². The number of allylic oxidation sites excluding steroid dienone is 2. The summed E-state index contributed by atoms with van der Waals surface area (Å²) in [6, 6.07) is 17.4. The lowest BCUT2D eigenvalue weighted by atomic mass is 9.95. The molecule has 2 aromatic carbocycles. The van der Waals surface area contributed by atoms with Crippen LogP contribution < -0.4 is 10.2 Å². The molecule has 0 unspecified atom stereocenters. The van der Waals surface area contributed by atoms with E-state index in [1.165, 1.54) is 12.1 Å². The number of alkyl halides is 3. The van der Waals surface area contributed by atoms with E-state index < -0.39 is 11.7 Å². The van der Waals surface area contributed by atoms with Gasteiger partial charge in [-0.25, -0.2) is 0 Å². The maximum absolute atomic E-state index is 13.4. The summed E-state index contributed by atoms with van der Waals surface area (Å²) >= 11 is 0. The molecule has 3 aromatic rings. The minimum Gasteiger partial charge on any atom is -0.381 e. The molecule has 1 aliphatic carbocycles. The van der Waals surface area contributed by atoms with E-state index >= 15 is 0 Å². The van der Waals surface area contributed by atoms with Gasteiger partial charge >= 0.3 is 6.18 Å². The van der Waals surface area contributed by atoms with Crippen LogP contribution in [0, 0.1) is 6.92 Å². The van der Waals surface area contributed by atoms with Crippen LogP contribution in [0.25, 0.3) is 0 Å². The fraction of sp³-hybridized carbons (Fsp3) is 0.303. The number of aliphatic imine (C=N–C) groups is 2. The summed E-state index contributed by atoms with van der Waals surface area (Å²) in [5.74, 6) is 0. The summed E-state index contributed by atoms with van der Waals surface area (Å²) in [4.78, 5) is 16.6. The summed E-state index contributed by atoms with van der Waals surface area (Å²) in [7, 11) is 0. The molecule has 1 saturated heterocycles. The maximum Gasteiger partial charge on any atom is 0.416 e. The van der Waals surface area contributed by atoms with Crippen LogP contribution in [0.2, 0.25) is 0 Å². The van der Waals surface area contributed by atoms with Crippen LogP contribution >= 0.6 is 0 Å². The number of nitrogens with one attached hydrogen (secondary N) is 1. The highest BCUT2D eigenvalue weighted by Gasteiger charge is 2.32. The largest absolute Gasteiger partial charge is 0.416 e. The summed E-state index contributed by atoms with van der Waals surface area (Å²) < 4.78 is 45.9. The molecule has 1 N–H and O–H groups in total. The van der Waals surface area contributed by atoms with E-state index in [0.717, 1.165) is 70.3 Å². The number of pyridine rings is 1. The number of rotatable bonds is 5. The summed E-state index contributed by atoms with van der Waals surface area (Å²) in [6.45, 7) is 4.40. The first-order chi connectivity index (χ1) is 20.3. The Hall–Kier alpha value is -4.24. The lowest BCUT2D eigenvalue weighted by molar-refractivity contribution is -0.137. The standard InChI is InChI=1S/C33H32F3N5O/c1-22-6-9-27(21-38-22)39-20-24-18-30-32(19-29(24)40-26-13-16-42-17-14-26)41(28-10-7-25(8-11-28)33(34,35)36)31-5-3-2-4-23(31)12-15-37-30/h2-11,18-19,21,26,39H,12-17,20H2,1H3. The van der Waals surface area contributed by atoms with Crippen LogP contribution in [0.1, 0.15) is 29.7 Å². The Morgan fingerprint density at radius 2 is 1.79 bits per heavy atom. The molecule has 6 nitrogen and oxygen atoms in total. The SMILES string of the molecule is Cc1ccc(NCC2=CC3=NCCc4ccccc4N(c4ccc(C(F)(F)F)cc4)C3=CC2=NC2CCOCC2)cn1. The van der Waals surface area contributed by atoms with E-state index in [1.54, 1.807) is 0 Å². The zero-order valence-electron chi connectivity index (χ0n) is 23.4. The molecular formula is C33H32F3N5O. The lowest BCUT2D eigenvalue weighted by Gasteiger charge is -2.34. The Morgan fingerprint density at radius 3 is 2.52 bits per heavy atom. The van der Waals surface area contributed by atoms with Gasteiger partial charge in [0.2, 0.25) is 0 Å². The Balaban J connectivity index is 1.44. The van der Waals surface area contributed by atoms with Crippen LogP contribution in [0.4, 0.5) is 30.2 Å². The second kappa shape index (κ2) is 11.9. The van der Waals surface area contributed by atoms with Crippen molar-refractivity contribution in [3.63, 3.8) is 0 Å². The van der Waals surface area contributed by atoms with Crippen LogP contribution in [0.3, 0.4) is 0 Å². The van der Waals surface area contributed by atoms with Crippen molar-refractivity contribution in [1.29, 1.82) is 0 Å². The Kier molecular flexibility index (Phi) is 7.93. The number of nitrogens with zero attached hydrogens (tertiary/aromatic N) is 4. The van der Waals surface area contributed by atoms with Gasteiger partial charge in [-0.2, -0.15) is 13.2 Å². The number of fused-ring (bicyclic) bond motifs is 2. The molecule has 0 spiro atoms. The minimum atomic E-state index is -4.41. The lowest BCUT2D eigenvalue weighted by Crippen LogP contribution is -2.31. The van der Waals surface area contributed by atoms with E-state index in [0.29, 0.717) is 38.4 Å². The molecule has 6 rings (SSSR count). The number of hydrogen-bond acceptors (Lipinski definition) is 6. The molecule has 0 radical (unpaired) electrons. The van der Waals surface area contributed by atoms with Crippen molar-refractivity contribution in [2.45, 2.75) is 38.4 Å². The predicted molar refractivity (Wildman–Crippen MR) is 161 cm³/mol. The second-order valence-electron chi connectivity index (χ2n) is 10.6. The third-order valence-electron chi connectivity index (χ3n) is 7.67. The molecule has 2 aliphatic heterocycles. The number of hydrogen-bond donors (Lipinski definition) is 1. The third-order valence-corrected chi connectivity index (χ3v) is 7.67. The Bertz CT molecular complexity index is 1550. The molecule has 216 valence electrons. The molecule has 42 heavy (non-hydrogen) atoms. The van der Waals surface area contributed by atoms with Gasteiger partial charge in [0.25, 0.3) is 0 Å². The molecule has 0 atom stereocenters. The molecule has 1 aromatic heterocycles. The summed E-state index contributed by atoms with van der Waals surface area (Å²) in [5.41, 5.74) is 7.17. The second-order valence-corrected chi connectivity index (χ2v) is 10.6. The van der Waals surface area contributed by atoms with E-state index in [4.69, 9.17) is 14.7 Å². The third kappa shape index (κ3) is 6.16. The van der Waals surface area contributed by atoms with Crippen LogP contribution in [0.5, 0.6) is 0 Å². The van der Waals surface area contributed by atoms with E-state index in [1.807, 2.05) is 60.5 Å². The number of aromatic nitrogens is 1. The number of benzene rings is 2. The fourth-order valence-corrected chi connectivity index (χ4v) is 5.40. The van der Waals surface area contributed by atoms with Crippen LogP contribution in [-0.2, 0) is 17.3 Å². The summed E-state index contributed by atoms with van der Waals surface area (Å²) in [5, 5.41) is 3.47. The van der Waals surface area contributed by atoms with Crippen molar-refractivity contribution >= 4 is 28.5 Å². The van der Waals surface area contributed by atoms with Gasteiger partial charge in [-0.1, -0.05) is 18.2 Å². The molecule has 0 bridgehead atoms. The van der Waals surface area contributed by atoms with Crippen LogP contribution in [-0.4, -0.2) is 48.8 Å². The predicted octanol–water partition coefficient (Wildman–Crippen LogP) is 7.10. The highest BCUT2D eigenvalue weighted by molar-refractivity contribution is 6.26. The van der Waals surface area contributed by atoms with Crippen molar-refractivity contribution in [2.24, 2.45) is 9.98 Å². The van der Waals surface area contributed by atoms with Gasteiger partial charge in [-0.05, 0) is 91.9 Å².